The molecule has 3 heterocycles. The summed E-state index contributed by atoms with van der Waals surface area (Å²) in [6, 6.07) is -3.57. The van der Waals surface area contributed by atoms with Crippen molar-refractivity contribution in [1.29, 1.82) is 0 Å². The Labute approximate surface area is 736 Å². The number of hydrogen-bond donors (Lipinski definition) is 10. The molecule has 3 aliphatic heterocycles. The van der Waals surface area contributed by atoms with Gasteiger partial charge in [-0.1, -0.05) is 0 Å². The molecule has 127 heavy (non-hydrogen) atoms. The Balaban J connectivity index is 1.68. The Bertz CT molecular complexity index is 3320. The highest BCUT2D eigenvalue weighted by molar-refractivity contribution is 5.82. The molecule has 0 aliphatic carbocycles. The van der Waals surface area contributed by atoms with Crippen LogP contribution in [0.15, 0.2) is 0 Å². The number of rotatable bonds is 60. The van der Waals surface area contributed by atoms with Gasteiger partial charge in [0, 0.05) is 199 Å². The summed E-state index contributed by atoms with van der Waals surface area (Å²) in [5, 5.41) is 34.1. The highest BCUT2D eigenvalue weighted by atomic mass is 16.7. The van der Waals surface area contributed by atoms with Gasteiger partial charge in [0.05, 0.1) is 0 Å². The largest absolute Gasteiger partial charge is 0.481 e. The zero-order valence-corrected chi connectivity index (χ0v) is 74.4. The van der Waals surface area contributed by atoms with Crippen molar-refractivity contribution in [2.75, 3.05) is 72.4 Å². The van der Waals surface area contributed by atoms with Crippen molar-refractivity contribution in [3.63, 3.8) is 0 Å². The lowest BCUT2D eigenvalue weighted by Gasteiger charge is -2.44. The predicted octanol–water partition coefficient (Wildman–Crippen LogP) is 0.0665. The summed E-state index contributed by atoms with van der Waals surface area (Å²) in [4.78, 5) is 251. The van der Waals surface area contributed by atoms with E-state index in [-0.39, 0.29) is 179 Å². The number of aliphatic carboxylic acids is 1. The Hall–Kier alpha value is -10.6. The number of hydrogen-bond acceptors (Lipinski definition) is 35. The molecule has 45 nitrogen and oxygen atoms in total. The number of Topliss-reactive ketones (excluding diaryl/α,β-unsaturated/α-hetero) is 1. The monoisotopic (exact) mass is 1820 g/mol. The van der Waals surface area contributed by atoms with Crippen LogP contribution >= 0.6 is 0 Å². The van der Waals surface area contributed by atoms with Gasteiger partial charge in [0.25, 0.3) is 0 Å². The van der Waals surface area contributed by atoms with Crippen molar-refractivity contribution in [3.05, 3.63) is 0 Å². The van der Waals surface area contributed by atoms with Gasteiger partial charge in [-0.05, 0) is 89.9 Å². The molecule has 0 bridgehead atoms. The standard InChI is InChI=1S/C82H129N9O36/c1-47(92)88-70-76(122-56(10)101)73(119-53(7)98)60(44-116-50(4)95)125-79(70)113-41-18-14-25-59(104)24-13-17-36-83-65(107)30-33-82(91-68(110)28-21-29-69(111)112,34-31-66(108)86-39-22-37-84-63(105)26-15-19-42-114-80-71(89-48(2)93)77(123-57(11)102)74(120-54(8)99)61(126-80)45-117-51(5)96)35-32-67(109)87-40-23-38-85-64(106)27-16-20-43-115-81-72(90-49(3)94)78(124-58(12)103)75(121-55(9)100)62(127-81)46-118-52(6)97/h60-62,70-81H,13-46H2,1-12H3,(H,83,107)(H,84,105)(H,85,106)(H,86,108)(H,87,109)(H,88,92)(H,89,93)(H,90,94)(H,91,110)(H,111,112). The number of amides is 9. The molecule has 3 saturated heterocycles. The Morgan fingerprint density at radius 3 is 0.819 bits per heavy atom. The van der Waals surface area contributed by atoms with Crippen molar-refractivity contribution < 1.29 is 172 Å². The van der Waals surface area contributed by atoms with Gasteiger partial charge in [-0.25, -0.2) is 0 Å². The first kappa shape index (κ1) is 111. The summed E-state index contributed by atoms with van der Waals surface area (Å²) in [6.07, 6.45) is -13.8. The van der Waals surface area contributed by atoms with Gasteiger partial charge >= 0.3 is 59.7 Å². The normalized spacial score (nSPS) is 22.2. The third-order valence-electron chi connectivity index (χ3n) is 19.4. The van der Waals surface area contributed by atoms with Gasteiger partial charge in [-0.15, -0.1) is 0 Å². The van der Waals surface area contributed by atoms with E-state index in [9.17, 15) is 101 Å². The van der Waals surface area contributed by atoms with Crippen LogP contribution in [0.3, 0.4) is 0 Å². The average molecular weight is 1820 g/mol. The molecule has 10 N–H and O–H groups in total. The van der Waals surface area contributed by atoms with Crippen molar-refractivity contribution in [2.24, 2.45) is 0 Å². The smallest absolute Gasteiger partial charge is 0.303 e. The van der Waals surface area contributed by atoms with Gasteiger partial charge in [-0.3, -0.25) is 95.9 Å². The molecule has 3 aliphatic rings. The SMILES string of the molecule is CC(=O)NC1C(OCCCCC(=O)CCCCNC(=O)CCC(CCC(=O)NCCCNC(=O)CCCCOC2OC(COC(C)=O)C(OC(C)=O)C(OC(C)=O)C2NC(C)=O)(CCC(=O)NCCCNC(=O)CCCCOC2OC(COC(C)=O)C(OC(C)=O)C(OC(C)=O)C2NC(C)=O)NC(=O)CCCC(=O)O)OC(COC(C)=O)C(OC(C)=O)C1OC(C)=O. The van der Waals surface area contributed by atoms with E-state index in [1.165, 1.54) is 20.8 Å². The summed E-state index contributed by atoms with van der Waals surface area (Å²) in [5.74, 6) is -12.5. The van der Waals surface area contributed by atoms with E-state index in [0.717, 1.165) is 62.3 Å². The molecule has 0 aromatic heterocycles. The third-order valence-corrected chi connectivity index (χ3v) is 19.4. The minimum Gasteiger partial charge on any atom is -0.481 e. The van der Waals surface area contributed by atoms with E-state index in [2.05, 4.69) is 47.9 Å². The highest BCUT2D eigenvalue weighted by Crippen LogP contribution is 2.33. The Morgan fingerprint density at radius 2 is 0.543 bits per heavy atom. The molecule has 15 unspecified atom stereocenters. The first-order chi connectivity index (χ1) is 60.1. The molecule has 0 aromatic carbocycles. The first-order valence-corrected chi connectivity index (χ1v) is 42.5. The maximum Gasteiger partial charge on any atom is 0.303 e. The fraction of sp³-hybridized carbons (Fsp3) is 0.756. The van der Waals surface area contributed by atoms with Crippen LogP contribution < -0.4 is 47.9 Å². The van der Waals surface area contributed by atoms with Gasteiger partial charge < -0.3 is 124 Å². The number of nitrogens with one attached hydrogen (secondary N) is 9. The summed E-state index contributed by atoms with van der Waals surface area (Å²) in [6.45, 7) is 12.8. The summed E-state index contributed by atoms with van der Waals surface area (Å²) in [7, 11) is 0. The number of ketones is 1. The molecule has 3 rings (SSSR count). The van der Waals surface area contributed by atoms with E-state index in [1.54, 1.807) is 0 Å². The topological polar surface area (TPSA) is 608 Å². The summed E-state index contributed by atoms with van der Waals surface area (Å²) >= 11 is 0. The van der Waals surface area contributed by atoms with Crippen LogP contribution in [0.25, 0.3) is 0 Å². The number of unbranched alkanes of at least 4 members (excludes halogenated alkanes) is 4. The van der Waals surface area contributed by atoms with Crippen LogP contribution in [0.5, 0.6) is 0 Å². The molecular formula is C82H129N9O36. The molecule has 0 spiro atoms. The summed E-state index contributed by atoms with van der Waals surface area (Å²) in [5.41, 5.74) is -1.43. The lowest BCUT2D eigenvalue weighted by Crippen LogP contribution is -2.66. The Kier molecular flexibility index (Phi) is 52.4. The molecule has 9 amide bonds. The van der Waals surface area contributed by atoms with Crippen LogP contribution in [0, 0.1) is 0 Å². The number of ether oxygens (including phenoxy) is 15. The fourth-order valence-corrected chi connectivity index (χ4v) is 13.8. The maximum absolute atomic E-state index is 13.8. The molecule has 3 fully saturated rings. The number of carbonyl (C=O) groups is 20. The third kappa shape index (κ3) is 47.1. The maximum atomic E-state index is 13.8. The van der Waals surface area contributed by atoms with Crippen molar-refractivity contribution >= 4 is 119 Å². The van der Waals surface area contributed by atoms with Gasteiger partial charge in [0.15, 0.2) is 55.5 Å². The van der Waals surface area contributed by atoms with Gasteiger partial charge in [0.1, 0.15) is 62.0 Å². The molecule has 45 heteroatoms. The fourth-order valence-electron chi connectivity index (χ4n) is 13.8. The number of carbonyl (C=O) groups excluding carboxylic acids is 19. The molecule has 0 saturated carbocycles. The predicted molar refractivity (Wildman–Crippen MR) is 435 cm³/mol. The second-order valence-corrected chi connectivity index (χ2v) is 30.7. The van der Waals surface area contributed by atoms with E-state index in [0.29, 0.717) is 38.5 Å². The number of carboxylic acids is 1. The number of esters is 9. The zero-order chi connectivity index (χ0) is 94.7. The van der Waals surface area contributed by atoms with Crippen LogP contribution in [0.2, 0.25) is 0 Å². The van der Waals surface area contributed by atoms with Crippen LogP contribution in [-0.2, 0) is 167 Å². The second-order valence-electron chi connectivity index (χ2n) is 30.7. The van der Waals surface area contributed by atoms with Gasteiger partial charge in [0.2, 0.25) is 53.2 Å². The van der Waals surface area contributed by atoms with Crippen LogP contribution in [-0.4, -0.2) is 294 Å². The molecule has 0 aromatic rings. The highest BCUT2D eigenvalue weighted by Gasteiger charge is 2.55. The number of carboxylic acid groups (broad SMARTS) is 1. The Morgan fingerprint density at radius 1 is 0.283 bits per heavy atom. The zero-order valence-electron chi connectivity index (χ0n) is 74.4. The average Bonchev–Trinajstić information content (AvgIpc) is 0.795. The van der Waals surface area contributed by atoms with E-state index in [1.807, 2.05) is 0 Å². The minimum atomic E-state index is -1.43. The lowest BCUT2D eigenvalue weighted by atomic mass is 9.82. The van der Waals surface area contributed by atoms with E-state index >= 15 is 0 Å². The molecule has 718 valence electrons. The van der Waals surface area contributed by atoms with Crippen LogP contribution in [0.1, 0.15) is 231 Å². The van der Waals surface area contributed by atoms with E-state index in [4.69, 9.17) is 71.1 Å². The van der Waals surface area contributed by atoms with Gasteiger partial charge in [-0.2, -0.15) is 0 Å². The van der Waals surface area contributed by atoms with Crippen molar-refractivity contribution in [3.8, 4) is 0 Å². The molecule has 0 radical (unpaired) electrons. The van der Waals surface area contributed by atoms with Crippen LogP contribution in [0.4, 0.5) is 0 Å². The van der Waals surface area contributed by atoms with Crippen molar-refractivity contribution in [2.45, 2.75) is 328 Å². The second kappa shape index (κ2) is 60.2. The molecular weight excluding hydrogens is 1690 g/mol. The quantitative estimate of drug-likeness (QED) is 0.0219. The first-order valence-electron chi connectivity index (χ1n) is 42.5. The summed E-state index contributed by atoms with van der Waals surface area (Å²) < 4.78 is 84.1. The lowest BCUT2D eigenvalue weighted by molar-refractivity contribution is -0.277. The van der Waals surface area contributed by atoms with Crippen molar-refractivity contribution in [1.82, 2.24) is 47.9 Å². The molecule has 15 atom stereocenters. The van der Waals surface area contributed by atoms with E-state index < -0.39 is 218 Å². The minimum absolute atomic E-state index is 0.0163.